The van der Waals surface area contributed by atoms with Crippen molar-refractivity contribution in [1.29, 1.82) is 0 Å². The Balaban J connectivity index is 2.39. The predicted molar refractivity (Wildman–Crippen MR) is 82.3 cm³/mol. The average molecular weight is 292 g/mol. The van der Waals surface area contributed by atoms with Crippen LogP contribution in [0.5, 0.6) is 0 Å². The maximum atomic E-state index is 11.9. The Morgan fingerprint density at radius 3 is 2.38 bits per heavy atom. The monoisotopic (exact) mass is 292 g/mol. The summed E-state index contributed by atoms with van der Waals surface area (Å²) in [7, 11) is 1.73. The Bertz CT molecular complexity index is 469. The molecule has 1 aromatic carbocycles. The van der Waals surface area contributed by atoms with Crippen molar-refractivity contribution in [1.82, 2.24) is 10.2 Å². The molecule has 0 radical (unpaired) electrons. The van der Waals surface area contributed by atoms with Gasteiger partial charge in [-0.3, -0.25) is 0 Å². The number of benzene rings is 1. The summed E-state index contributed by atoms with van der Waals surface area (Å²) in [5.41, 5.74) is 1.15. The number of carbonyl (C=O) groups excluding carboxylic acids is 1. The highest BCUT2D eigenvalue weighted by molar-refractivity contribution is 5.87. The van der Waals surface area contributed by atoms with Gasteiger partial charge in [0.1, 0.15) is 0 Å². The second-order valence-corrected chi connectivity index (χ2v) is 5.63. The molecule has 116 valence electrons. The number of rotatable bonds is 7. The van der Waals surface area contributed by atoms with Crippen LogP contribution in [0.4, 0.5) is 4.79 Å². The van der Waals surface area contributed by atoms with Crippen LogP contribution >= 0.6 is 0 Å². The van der Waals surface area contributed by atoms with E-state index < -0.39 is 5.97 Å². The molecule has 0 atom stereocenters. The zero-order valence-electron chi connectivity index (χ0n) is 12.9. The highest BCUT2D eigenvalue weighted by Gasteiger charge is 2.09. The summed E-state index contributed by atoms with van der Waals surface area (Å²) in [6.45, 7) is 5.46. The van der Waals surface area contributed by atoms with E-state index in [1.165, 1.54) is 0 Å². The van der Waals surface area contributed by atoms with Crippen LogP contribution in [0.25, 0.3) is 0 Å². The largest absolute Gasteiger partial charge is 0.478 e. The maximum Gasteiger partial charge on any atom is 0.335 e. The zero-order valence-corrected chi connectivity index (χ0v) is 12.9. The zero-order chi connectivity index (χ0) is 15.8. The van der Waals surface area contributed by atoms with Gasteiger partial charge < -0.3 is 15.3 Å². The lowest BCUT2D eigenvalue weighted by molar-refractivity contribution is 0.0697. The van der Waals surface area contributed by atoms with Crippen LogP contribution < -0.4 is 5.32 Å². The summed E-state index contributed by atoms with van der Waals surface area (Å²) in [6, 6.07) is 6.44. The van der Waals surface area contributed by atoms with Crippen LogP contribution in [-0.2, 0) is 6.54 Å². The first-order chi connectivity index (χ1) is 9.90. The SMILES string of the molecule is CC(C)CCCNC(=O)N(C)Cc1ccc(C(=O)O)cc1. The lowest BCUT2D eigenvalue weighted by Gasteiger charge is -2.18. The number of hydrogen-bond acceptors (Lipinski definition) is 2. The summed E-state index contributed by atoms with van der Waals surface area (Å²) in [5.74, 6) is -0.301. The summed E-state index contributed by atoms with van der Waals surface area (Å²) >= 11 is 0. The van der Waals surface area contributed by atoms with Crippen LogP contribution in [0, 0.1) is 5.92 Å². The number of amides is 2. The van der Waals surface area contributed by atoms with Gasteiger partial charge in [0.2, 0.25) is 0 Å². The van der Waals surface area contributed by atoms with Crippen LogP contribution in [0.15, 0.2) is 24.3 Å². The number of carboxylic acids is 1. The molecule has 2 N–H and O–H groups in total. The van der Waals surface area contributed by atoms with Gasteiger partial charge in [0.25, 0.3) is 0 Å². The summed E-state index contributed by atoms with van der Waals surface area (Å²) in [6.07, 6.45) is 2.07. The van der Waals surface area contributed by atoms with Crippen molar-refractivity contribution in [2.75, 3.05) is 13.6 Å². The van der Waals surface area contributed by atoms with Gasteiger partial charge in [0.05, 0.1) is 5.56 Å². The second-order valence-electron chi connectivity index (χ2n) is 5.63. The molecule has 0 heterocycles. The van der Waals surface area contributed by atoms with Crippen molar-refractivity contribution >= 4 is 12.0 Å². The van der Waals surface area contributed by atoms with Gasteiger partial charge in [-0.15, -0.1) is 0 Å². The fraction of sp³-hybridized carbons (Fsp3) is 0.500. The molecule has 0 aliphatic carbocycles. The van der Waals surface area contributed by atoms with E-state index in [-0.39, 0.29) is 11.6 Å². The molecule has 1 rings (SSSR count). The topological polar surface area (TPSA) is 69.6 Å². The molecule has 0 bridgehead atoms. The van der Waals surface area contributed by atoms with E-state index in [4.69, 9.17) is 5.11 Å². The molecular formula is C16H24N2O3. The second kappa shape index (κ2) is 8.29. The maximum absolute atomic E-state index is 11.9. The highest BCUT2D eigenvalue weighted by atomic mass is 16.4. The first kappa shape index (κ1) is 17.0. The van der Waals surface area contributed by atoms with Gasteiger partial charge >= 0.3 is 12.0 Å². The normalized spacial score (nSPS) is 10.5. The van der Waals surface area contributed by atoms with Crippen molar-refractivity contribution in [2.45, 2.75) is 33.2 Å². The van der Waals surface area contributed by atoms with Gasteiger partial charge in [-0.25, -0.2) is 9.59 Å². The molecule has 0 aliphatic rings. The number of carbonyl (C=O) groups is 2. The number of carboxylic acid groups (broad SMARTS) is 1. The minimum absolute atomic E-state index is 0.110. The predicted octanol–water partition coefficient (Wildman–Crippen LogP) is 2.96. The molecule has 21 heavy (non-hydrogen) atoms. The lowest BCUT2D eigenvalue weighted by Crippen LogP contribution is -2.37. The van der Waals surface area contributed by atoms with Crippen molar-refractivity contribution in [3.8, 4) is 0 Å². The Labute approximate surface area is 126 Å². The molecule has 0 saturated heterocycles. The Morgan fingerprint density at radius 2 is 1.86 bits per heavy atom. The first-order valence-electron chi connectivity index (χ1n) is 7.21. The molecule has 2 amide bonds. The van der Waals surface area contributed by atoms with E-state index in [2.05, 4.69) is 19.2 Å². The van der Waals surface area contributed by atoms with Crippen LogP contribution in [-0.4, -0.2) is 35.6 Å². The summed E-state index contributed by atoms with van der Waals surface area (Å²) in [5, 5.41) is 11.7. The standard InChI is InChI=1S/C16H24N2O3/c1-12(2)5-4-10-17-16(21)18(3)11-13-6-8-14(9-7-13)15(19)20/h6-9,12H,4-5,10-11H2,1-3H3,(H,17,21)(H,19,20). The molecule has 0 aromatic heterocycles. The van der Waals surface area contributed by atoms with Gasteiger partial charge in [-0.2, -0.15) is 0 Å². The van der Waals surface area contributed by atoms with E-state index in [1.807, 2.05) is 0 Å². The fourth-order valence-corrected chi connectivity index (χ4v) is 1.94. The van der Waals surface area contributed by atoms with Gasteiger partial charge in [0, 0.05) is 20.1 Å². The third-order valence-corrected chi connectivity index (χ3v) is 3.20. The van der Waals surface area contributed by atoms with E-state index >= 15 is 0 Å². The molecule has 0 unspecified atom stereocenters. The van der Waals surface area contributed by atoms with Crippen molar-refractivity contribution in [3.63, 3.8) is 0 Å². The van der Waals surface area contributed by atoms with E-state index in [9.17, 15) is 9.59 Å². The van der Waals surface area contributed by atoms with Gasteiger partial charge in [0.15, 0.2) is 0 Å². The molecule has 0 aliphatic heterocycles. The van der Waals surface area contributed by atoms with Crippen molar-refractivity contribution in [3.05, 3.63) is 35.4 Å². The van der Waals surface area contributed by atoms with Crippen LogP contribution in [0.3, 0.4) is 0 Å². The summed E-state index contributed by atoms with van der Waals surface area (Å²) in [4.78, 5) is 24.2. The molecule has 5 nitrogen and oxygen atoms in total. The fourth-order valence-electron chi connectivity index (χ4n) is 1.94. The summed E-state index contributed by atoms with van der Waals surface area (Å²) < 4.78 is 0. The van der Waals surface area contributed by atoms with Crippen molar-refractivity contribution in [2.24, 2.45) is 5.92 Å². The molecule has 5 heteroatoms. The van der Waals surface area contributed by atoms with Crippen LogP contribution in [0.2, 0.25) is 0 Å². The molecular weight excluding hydrogens is 268 g/mol. The first-order valence-corrected chi connectivity index (χ1v) is 7.21. The average Bonchev–Trinajstić information content (AvgIpc) is 2.43. The third kappa shape index (κ3) is 6.29. The molecule has 0 fully saturated rings. The minimum Gasteiger partial charge on any atom is -0.478 e. The van der Waals surface area contributed by atoms with Crippen molar-refractivity contribution < 1.29 is 14.7 Å². The Hall–Kier alpha value is -2.04. The van der Waals surface area contributed by atoms with E-state index in [0.717, 1.165) is 18.4 Å². The number of urea groups is 1. The lowest BCUT2D eigenvalue weighted by atomic mass is 10.1. The number of nitrogens with one attached hydrogen (secondary N) is 1. The number of aromatic carboxylic acids is 1. The van der Waals surface area contributed by atoms with E-state index in [0.29, 0.717) is 19.0 Å². The molecule has 1 aromatic rings. The Morgan fingerprint density at radius 1 is 1.24 bits per heavy atom. The smallest absolute Gasteiger partial charge is 0.335 e. The minimum atomic E-state index is -0.946. The Kier molecular flexibility index (Phi) is 6.72. The van der Waals surface area contributed by atoms with E-state index in [1.54, 1.807) is 36.2 Å². The van der Waals surface area contributed by atoms with Gasteiger partial charge in [-0.1, -0.05) is 26.0 Å². The third-order valence-electron chi connectivity index (χ3n) is 3.20. The quantitative estimate of drug-likeness (QED) is 0.759. The van der Waals surface area contributed by atoms with Gasteiger partial charge in [-0.05, 0) is 36.5 Å². The molecule has 0 spiro atoms. The highest BCUT2D eigenvalue weighted by Crippen LogP contribution is 2.07. The van der Waals surface area contributed by atoms with Crippen LogP contribution in [0.1, 0.15) is 42.6 Å². The molecule has 0 saturated carbocycles. The number of nitrogens with zero attached hydrogens (tertiary/aromatic N) is 1. The number of hydrogen-bond donors (Lipinski definition) is 2.